The summed E-state index contributed by atoms with van der Waals surface area (Å²) in [5, 5.41) is 4.14. The molecule has 0 spiro atoms. The van der Waals surface area contributed by atoms with E-state index in [9.17, 15) is 0 Å². The molecule has 1 aromatic heterocycles. The Balaban J connectivity index is 2.14. The lowest BCUT2D eigenvalue weighted by molar-refractivity contribution is 0.550. The second kappa shape index (κ2) is 4.99. The van der Waals surface area contributed by atoms with Crippen molar-refractivity contribution in [3.8, 4) is 0 Å². The minimum Gasteiger partial charge on any atom is -0.312 e. The van der Waals surface area contributed by atoms with E-state index in [0.717, 1.165) is 10.9 Å². The van der Waals surface area contributed by atoms with Crippen LogP contribution in [0, 0.1) is 6.92 Å². The maximum absolute atomic E-state index is 4.37. The number of aryl methyl sites for hydroxylation is 1. The van der Waals surface area contributed by atoms with Gasteiger partial charge >= 0.3 is 0 Å². The Morgan fingerprint density at radius 3 is 2.93 bits per heavy atom. The average Bonchev–Trinajstić information content (AvgIpc) is 2.75. The predicted octanol–water partition coefficient (Wildman–Crippen LogP) is 2.55. The van der Waals surface area contributed by atoms with E-state index < -0.39 is 0 Å². The van der Waals surface area contributed by atoms with Gasteiger partial charge in [0.05, 0.1) is 0 Å². The van der Waals surface area contributed by atoms with Gasteiger partial charge in [-0.2, -0.15) is 11.8 Å². The van der Waals surface area contributed by atoms with Gasteiger partial charge in [-0.15, -0.1) is 0 Å². The Morgan fingerprint density at radius 2 is 2.40 bits per heavy atom. The smallest absolute Gasteiger partial charge is 0.0453 e. The van der Waals surface area contributed by atoms with Crippen LogP contribution in [0.1, 0.15) is 30.1 Å². The van der Waals surface area contributed by atoms with Crippen LogP contribution >= 0.6 is 11.8 Å². The third kappa shape index (κ3) is 2.52. The number of pyridine rings is 1. The quantitative estimate of drug-likeness (QED) is 0.850. The molecule has 0 radical (unpaired) electrons. The van der Waals surface area contributed by atoms with Crippen LogP contribution in [0.2, 0.25) is 0 Å². The van der Waals surface area contributed by atoms with Crippen LogP contribution in [0.25, 0.3) is 0 Å². The first-order chi connectivity index (χ1) is 7.31. The van der Waals surface area contributed by atoms with E-state index in [0.29, 0.717) is 6.04 Å². The Hall–Kier alpha value is -0.540. The van der Waals surface area contributed by atoms with Crippen LogP contribution in [-0.4, -0.2) is 23.0 Å². The van der Waals surface area contributed by atoms with Gasteiger partial charge in [-0.3, -0.25) is 4.98 Å². The van der Waals surface area contributed by atoms with Crippen molar-refractivity contribution in [3.05, 3.63) is 29.6 Å². The molecular weight excluding hydrogens is 204 g/mol. The van der Waals surface area contributed by atoms with Crippen LogP contribution in [0.4, 0.5) is 0 Å². The third-order valence-electron chi connectivity index (χ3n) is 2.94. The van der Waals surface area contributed by atoms with Crippen molar-refractivity contribution >= 4 is 11.8 Å². The minimum atomic E-state index is 0.464. The summed E-state index contributed by atoms with van der Waals surface area (Å²) in [5.41, 5.74) is 2.41. The van der Waals surface area contributed by atoms with Gasteiger partial charge in [-0.1, -0.05) is 6.07 Å². The fraction of sp³-hybridized carbons (Fsp3) is 0.583. The maximum Gasteiger partial charge on any atom is 0.0453 e. The van der Waals surface area contributed by atoms with Gasteiger partial charge in [-0.05, 0) is 44.2 Å². The highest BCUT2D eigenvalue weighted by Gasteiger charge is 2.25. The molecule has 2 nitrogen and oxygen atoms in total. The van der Waals surface area contributed by atoms with Crippen LogP contribution in [0.3, 0.4) is 0 Å². The molecule has 1 N–H and O–H groups in total. The maximum atomic E-state index is 4.37. The predicted molar refractivity (Wildman–Crippen MR) is 66.3 cm³/mol. The van der Waals surface area contributed by atoms with Crippen LogP contribution in [0.15, 0.2) is 18.3 Å². The standard InChI is InChI=1S/C12H18N2S/c1-9-5-6-10(8-14-9)12(13-2)11-4-3-7-15-11/h5-6,8,11-13H,3-4,7H2,1-2H3. The number of nitrogens with zero attached hydrogens (tertiary/aromatic N) is 1. The van der Waals surface area contributed by atoms with Crippen molar-refractivity contribution in [1.82, 2.24) is 10.3 Å². The Labute approximate surface area is 95.9 Å². The first-order valence-electron chi connectivity index (χ1n) is 5.52. The van der Waals surface area contributed by atoms with Crippen molar-refractivity contribution in [3.63, 3.8) is 0 Å². The van der Waals surface area contributed by atoms with Crippen molar-refractivity contribution < 1.29 is 0 Å². The Bertz CT molecular complexity index is 304. The molecular formula is C12H18N2S. The molecule has 2 atom stereocenters. The topological polar surface area (TPSA) is 24.9 Å². The van der Waals surface area contributed by atoms with Crippen LogP contribution in [-0.2, 0) is 0 Å². The summed E-state index contributed by atoms with van der Waals surface area (Å²) in [6.45, 7) is 2.03. The molecule has 0 bridgehead atoms. The SMILES string of the molecule is CNC(c1ccc(C)nc1)C1CCCS1. The number of hydrogen-bond acceptors (Lipinski definition) is 3. The lowest BCUT2D eigenvalue weighted by Crippen LogP contribution is -2.25. The van der Waals surface area contributed by atoms with E-state index >= 15 is 0 Å². The molecule has 1 aliphatic rings. The number of nitrogens with one attached hydrogen (secondary N) is 1. The summed E-state index contributed by atoms with van der Waals surface area (Å²) in [7, 11) is 2.05. The molecule has 0 aliphatic carbocycles. The number of rotatable bonds is 3. The number of hydrogen-bond donors (Lipinski definition) is 1. The first-order valence-corrected chi connectivity index (χ1v) is 6.57. The van der Waals surface area contributed by atoms with Gasteiger partial charge in [-0.25, -0.2) is 0 Å². The van der Waals surface area contributed by atoms with E-state index in [1.165, 1.54) is 24.2 Å². The van der Waals surface area contributed by atoms with E-state index in [1.807, 2.05) is 20.2 Å². The molecule has 1 saturated heterocycles. The van der Waals surface area contributed by atoms with Gasteiger partial charge < -0.3 is 5.32 Å². The zero-order valence-corrected chi connectivity index (χ0v) is 10.2. The van der Waals surface area contributed by atoms with Gasteiger partial charge in [0.15, 0.2) is 0 Å². The van der Waals surface area contributed by atoms with Gasteiger partial charge in [0.2, 0.25) is 0 Å². The molecule has 0 amide bonds. The van der Waals surface area contributed by atoms with Crippen molar-refractivity contribution in [2.24, 2.45) is 0 Å². The molecule has 1 aromatic rings. The van der Waals surface area contributed by atoms with Gasteiger partial charge in [0.25, 0.3) is 0 Å². The molecule has 2 unspecified atom stereocenters. The average molecular weight is 222 g/mol. The van der Waals surface area contributed by atoms with E-state index in [1.54, 1.807) is 0 Å². The highest BCUT2D eigenvalue weighted by Crippen LogP contribution is 2.35. The van der Waals surface area contributed by atoms with Crippen molar-refractivity contribution in [1.29, 1.82) is 0 Å². The first kappa shape index (κ1) is 11.0. The molecule has 3 heteroatoms. The van der Waals surface area contributed by atoms with Gasteiger partial charge in [0.1, 0.15) is 0 Å². The Morgan fingerprint density at radius 1 is 1.53 bits per heavy atom. The minimum absolute atomic E-state index is 0.464. The van der Waals surface area contributed by atoms with Crippen molar-refractivity contribution in [2.45, 2.75) is 31.1 Å². The van der Waals surface area contributed by atoms with E-state index in [-0.39, 0.29) is 0 Å². The third-order valence-corrected chi connectivity index (χ3v) is 4.40. The zero-order valence-electron chi connectivity index (χ0n) is 9.36. The van der Waals surface area contributed by atoms with Gasteiger partial charge in [0, 0.05) is 23.2 Å². The lowest BCUT2D eigenvalue weighted by Gasteiger charge is -2.22. The summed E-state index contributed by atoms with van der Waals surface area (Å²) >= 11 is 2.08. The Kier molecular flexibility index (Phi) is 3.65. The molecule has 0 aromatic carbocycles. The number of thioether (sulfide) groups is 1. The summed E-state index contributed by atoms with van der Waals surface area (Å²) in [5.74, 6) is 1.31. The fourth-order valence-electron chi connectivity index (χ4n) is 2.10. The zero-order chi connectivity index (χ0) is 10.7. The molecule has 2 heterocycles. The van der Waals surface area contributed by atoms with Crippen LogP contribution in [0.5, 0.6) is 0 Å². The van der Waals surface area contributed by atoms with Crippen molar-refractivity contribution in [2.75, 3.05) is 12.8 Å². The number of aromatic nitrogens is 1. The normalized spacial score (nSPS) is 22.9. The largest absolute Gasteiger partial charge is 0.312 e. The lowest BCUT2D eigenvalue weighted by atomic mass is 10.0. The van der Waals surface area contributed by atoms with E-state index in [2.05, 4.69) is 34.2 Å². The molecule has 2 rings (SSSR count). The second-order valence-electron chi connectivity index (χ2n) is 4.05. The molecule has 1 aliphatic heterocycles. The summed E-state index contributed by atoms with van der Waals surface area (Å²) in [6, 6.07) is 4.76. The monoisotopic (exact) mass is 222 g/mol. The summed E-state index contributed by atoms with van der Waals surface area (Å²) in [4.78, 5) is 4.37. The molecule has 15 heavy (non-hydrogen) atoms. The highest BCUT2D eigenvalue weighted by molar-refractivity contribution is 8.00. The fourth-order valence-corrected chi connectivity index (χ4v) is 3.55. The molecule has 0 saturated carbocycles. The van der Waals surface area contributed by atoms with Crippen LogP contribution < -0.4 is 5.32 Å². The van der Waals surface area contributed by atoms with E-state index in [4.69, 9.17) is 0 Å². The summed E-state index contributed by atoms with van der Waals surface area (Å²) in [6.07, 6.45) is 4.69. The highest BCUT2D eigenvalue weighted by atomic mass is 32.2. The molecule has 82 valence electrons. The summed E-state index contributed by atoms with van der Waals surface area (Å²) < 4.78 is 0. The second-order valence-corrected chi connectivity index (χ2v) is 5.40. The molecule has 1 fully saturated rings.